The van der Waals surface area contributed by atoms with E-state index in [9.17, 15) is 0 Å². The van der Waals surface area contributed by atoms with Gasteiger partial charge in [-0.3, -0.25) is 0 Å². The fourth-order valence-electron chi connectivity index (χ4n) is 1.87. The highest BCUT2D eigenvalue weighted by atomic mass is 79.9. The van der Waals surface area contributed by atoms with Crippen LogP contribution in [-0.4, -0.2) is 5.33 Å². The molecule has 1 aromatic rings. The molecule has 0 aliphatic rings. The van der Waals surface area contributed by atoms with Crippen LogP contribution >= 0.6 is 27.5 Å². The van der Waals surface area contributed by atoms with Crippen molar-refractivity contribution in [2.75, 3.05) is 5.33 Å². The van der Waals surface area contributed by atoms with Gasteiger partial charge in [-0.1, -0.05) is 65.8 Å². The topological polar surface area (TPSA) is 0 Å². The second-order valence-corrected chi connectivity index (χ2v) is 5.43. The van der Waals surface area contributed by atoms with Crippen molar-refractivity contribution in [3.63, 3.8) is 0 Å². The minimum atomic E-state index is 0.757. The number of benzene rings is 1. The van der Waals surface area contributed by atoms with E-state index in [0.29, 0.717) is 0 Å². The maximum atomic E-state index is 5.88. The van der Waals surface area contributed by atoms with Gasteiger partial charge in [0, 0.05) is 10.4 Å². The highest BCUT2D eigenvalue weighted by molar-refractivity contribution is 9.09. The van der Waals surface area contributed by atoms with Crippen molar-refractivity contribution < 1.29 is 0 Å². The Morgan fingerprint density at radius 3 is 2.44 bits per heavy atom. The van der Waals surface area contributed by atoms with Gasteiger partial charge >= 0.3 is 0 Å². The molecule has 0 fully saturated rings. The summed E-state index contributed by atoms with van der Waals surface area (Å²) in [6.07, 6.45) is 6.48. The van der Waals surface area contributed by atoms with Gasteiger partial charge in [-0.25, -0.2) is 0 Å². The lowest BCUT2D eigenvalue weighted by atomic mass is 9.95. The third-order valence-electron chi connectivity index (χ3n) is 2.87. The molecule has 1 aromatic carbocycles. The van der Waals surface area contributed by atoms with E-state index in [1.165, 1.54) is 31.2 Å². The van der Waals surface area contributed by atoms with Crippen molar-refractivity contribution >= 4 is 27.5 Å². The van der Waals surface area contributed by atoms with Crippen LogP contribution in [0.25, 0.3) is 0 Å². The fourth-order valence-corrected chi connectivity index (χ4v) is 2.55. The van der Waals surface area contributed by atoms with Gasteiger partial charge in [0.1, 0.15) is 0 Å². The molecule has 0 amide bonds. The Morgan fingerprint density at radius 1 is 1.19 bits per heavy atom. The zero-order chi connectivity index (χ0) is 11.8. The average Bonchev–Trinajstić information content (AvgIpc) is 2.31. The fraction of sp³-hybridized carbons (Fsp3) is 0.571. The summed E-state index contributed by atoms with van der Waals surface area (Å²) in [5, 5.41) is 1.92. The Hall–Kier alpha value is -0.0100. The standard InChI is InChI=1S/C14H20BrCl/c1-2-3-4-5-13(11-15)10-12-6-8-14(16)9-7-12/h6-9,13H,2-5,10-11H2,1H3. The van der Waals surface area contributed by atoms with Crippen molar-refractivity contribution in [2.45, 2.75) is 39.0 Å². The Bertz CT molecular complexity index is 281. The number of unbranched alkanes of at least 4 members (excludes halogenated alkanes) is 2. The smallest absolute Gasteiger partial charge is 0.0406 e. The van der Waals surface area contributed by atoms with Crippen LogP contribution < -0.4 is 0 Å². The maximum absolute atomic E-state index is 5.88. The van der Waals surface area contributed by atoms with Gasteiger partial charge < -0.3 is 0 Å². The molecule has 1 atom stereocenters. The normalized spacial score (nSPS) is 12.7. The van der Waals surface area contributed by atoms with E-state index < -0.39 is 0 Å². The summed E-state index contributed by atoms with van der Waals surface area (Å²) in [7, 11) is 0. The Kier molecular flexibility index (Phi) is 7.15. The van der Waals surface area contributed by atoms with E-state index in [-0.39, 0.29) is 0 Å². The van der Waals surface area contributed by atoms with Crippen molar-refractivity contribution in [3.8, 4) is 0 Å². The summed E-state index contributed by atoms with van der Waals surface area (Å²) in [4.78, 5) is 0. The summed E-state index contributed by atoms with van der Waals surface area (Å²) in [5.41, 5.74) is 1.39. The summed E-state index contributed by atoms with van der Waals surface area (Å²) >= 11 is 9.49. The molecule has 0 radical (unpaired) electrons. The monoisotopic (exact) mass is 302 g/mol. The first-order valence-electron chi connectivity index (χ1n) is 6.06. The zero-order valence-corrected chi connectivity index (χ0v) is 12.2. The first-order chi connectivity index (χ1) is 7.76. The van der Waals surface area contributed by atoms with Crippen LogP contribution in [0.15, 0.2) is 24.3 Å². The van der Waals surface area contributed by atoms with Crippen LogP contribution in [0.3, 0.4) is 0 Å². The highest BCUT2D eigenvalue weighted by Gasteiger charge is 2.07. The van der Waals surface area contributed by atoms with Crippen LogP contribution in [0.5, 0.6) is 0 Å². The summed E-state index contributed by atoms with van der Waals surface area (Å²) in [6.45, 7) is 2.25. The molecule has 0 spiro atoms. The molecule has 0 saturated carbocycles. The first-order valence-corrected chi connectivity index (χ1v) is 7.56. The van der Waals surface area contributed by atoms with E-state index in [4.69, 9.17) is 11.6 Å². The molecule has 0 aliphatic heterocycles. The molecular formula is C14H20BrCl. The molecule has 1 unspecified atom stereocenters. The average molecular weight is 304 g/mol. The number of alkyl halides is 1. The molecule has 0 aromatic heterocycles. The van der Waals surface area contributed by atoms with Crippen molar-refractivity contribution in [1.82, 2.24) is 0 Å². The SMILES string of the molecule is CCCCCC(CBr)Cc1ccc(Cl)cc1. The van der Waals surface area contributed by atoms with Crippen LogP contribution in [0.4, 0.5) is 0 Å². The third kappa shape index (κ3) is 5.36. The molecule has 1 rings (SSSR count). The Balaban J connectivity index is 2.40. The molecule has 0 bridgehead atoms. The third-order valence-corrected chi connectivity index (χ3v) is 4.04. The lowest BCUT2D eigenvalue weighted by Gasteiger charge is -2.13. The van der Waals surface area contributed by atoms with Gasteiger partial charge in [0.25, 0.3) is 0 Å². The molecular weight excluding hydrogens is 284 g/mol. The van der Waals surface area contributed by atoms with Crippen molar-refractivity contribution in [1.29, 1.82) is 0 Å². The van der Waals surface area contributed by atoms with Gasteiger partial charge in [0.15, 0.2) is 0 Å². The molecule has 0 nitrogen and oxygen atoms in total. The van der Waals surface area contributed by atoms with Gasteiger partial charge in [0.2, 0.25) is 0 Å². The predicted octanol–water partition coefficient (Wildman–Crippen LogP) is 5.47. The summed E-state index contributed by atoms with van der Waals surface area (Å²) < 4.78 is 0. The lowest BCUT2D eigenvalue weighted by molar-refractivity contribution is 0.503. The summed E-state index contributed by atoms with van der Waals surface area (Å²) in [5.74, 6) is 0.757. The molecule has 0 heterocycles. The second kappa shape index (κ2) is 8.14. The quantitative estimate of drug-likeness (QED) is 0.462. The van der Waals surface area contributed by atoms with Crippen molar-refractivity contribution in [3.05, 3.63) is 34.9 Å². The van der Waals surface area contributed by atoms with E-state index in [1.54, 1.807) is 0 Å². The Morgan fingerprint density at radius 2 is 1.88 bits per heavy atom. The second-order valence-electron chi connectivity index (χ2n) is 4.35. The molecule has 2 heteroatoms. The lowest BCUT2D eigenvalue weighted by Crippen LogP contribution is -2.06. The summed E-state index contributed by atoms with van der Waals surface area (Å²) in [6, 6.07) is 8.23. The number of hydrogen-bond acceptors (Lipinski definition) is 0. The number of hydrogen-bond donors (Lipinski definition) is 0. The van der Waals surface area contributed by atoms with Crippen LogP contribution in [0.2, 0.25) is 5.02 Å². The molecule has 90 valence electrons. The minimum absolute atomic E-state index is 0.757. The molecule has 16 heavy (non-hydrogen) atoms. The van der Waals surface area contributed by atoms with E-state index in [2.05, 4.69) is 35.0 Å². The number of rotatable bonds is 7. The Labute approximate surface area is 113 Å². The van der Waals surface area contributed by atoms with E-state index >= 15 is 0 Å². The highest BCUT2D eigenvalue weighted by Crippen LogP contribution is 2.19. The minimum Gasteiger partial charge on any atom is -0.0925 e. The van der Waals surface area contributed by atoms with Gasteiger partial charge in [-0.05, 0) is 36.5 Å². The van der Waals surface area contributed by atoms with Gasteiger partial charge in [-0.2, -0.15) is 0 Å². The van der Waals surface area contributed by atoms with Gasteiger partial charge in [-0.15, -0.1) is 0 Å². The molecule has 0 aliphatic carbocycles. The van der Waals surface area contributed by atoms with Gasteiger partial charge in [0.05, 0.1) is 0 Å². The van der Waals surface area contributed by atoms with Crippen LogP contribution in [-0.2, 0) is 6.42 Å². The molecule has 0 N–H and O–H groups in total. The van der Waals surface area contributed by atoms with Crippen molar-refractivity contribution in [2.24, 2.45) is 5.92 Å². The van der Waals surface area contributed by atoms with Crippen LogP contribution in [0.1, 0.15) is 38.2 Å². The molecule has 0 saturated heterocycles. The van der Waals surface area contributed by atoms with E-state index in [0.717, 1.165) is 22.7 Å². The zero-order valence-electron chi connectivity index (χ0n) is 9.89. The first kappa shape index (κ1) is 14.1. The van der Waals surface area contributed by atoms with E-state index in [1.807, 2.05) is 12.1 Å². The predicted molar refractivity (Wildman–Crippen MR) is 76.6 cm³/mol. The van der Waals surface area contributed by atoms with Crippen LogP contribution in [0, 0.1) is 5.92 Å². The largest absolute Gasteiger partial charge is 0.0925 e. The maximum Gasteiger partial charge on any atom is 0.0406 e. The number of halogens is 2.